The van der Waals surface area contributed by atoms with Crippen molar-refractivity contribution in [2.75, 3.05) is 33.2 Å². The van der Waals surface area contributed by atoms with Crippen LogP contribution in [0.5, 0.6) is 0 Å². The lowest BCUT2D eigenvalue weighted by Crippen LogP contribution is -2.47. The van der Waals surface area contributed by atoms with Crippen molar-refractivity contribution in [3.05, 3.63) is 11.8 Å². The number of nitrogens with zero attached hydrogens (tertiary/aromatic N) is 4. The summed E-state index contributed by atoms with van der Waals surface area (Å²) in [5.74, 6) is 0.619. The van der Waals surface area contributed by atoms with Crippen molar-refractivity contribution in [3.63, 3.8) is 0 Å². The molecule has 1 unspecified atom stereocenters. The molecule has 1 atom stereocenters. The van der Waals surface area contributed by atoms with E-state index in [0.29, 0.717) is 5.89 Å². The normalized spacial score (nSPS) is 26.7. The van der Waals surface area contributed by atoms with E-state index in [0.717, 1.165) is 45.4 Å². The maximum Gasteiger partial charge on any atom is 0.311 e. The van der Waals surface area contributed by atoms with Crippen LogP contribution in [-0.2, 0) is 6.42 Å². The number of hydrogen-bond donors (Lipinski definition) is 0. The molecule has 116 valence electrons. The number of amides is 1. The van der Waals surface area contributed by atoms with E-state index in [9.17, 15) is 4.79 Å². The van der Waals surface area contributed by atoms with E-state index in [1.165, 1.54) is 12.8 Å². The monoisotopic (exact) mass is 292 g/mol. The molecule has 0 aliphatic carbocycles. The van der Waals surface area contributed by atoms with Gasteiger partial charge in [-0.15, -0.1) is 10.2 Å². The lowest BCUT2D eigenvalue weighted by Gasteiger charge is -2.39. The van der Waals surface area contributed by atoms with Crippen LogP contribution in [0.25, 0.3) is 0 Å². The standard InChI is InChI=1S/C15H24N4O2/c1-3-5-12-16-17-13(21-12)14(20)19-8-4-6-15(11-19)7-9-18(2)10-15/h3-11H2,1-2H3. The Morgan fingerprint density at radius 1 is 1.29 bits per heavy atom. The third kappa shape index (κ3) is 2.95. The minimum atomic E-state index is -0.0986. The summed E-state index contributed by atoms with van der Waals surface area (Å²) in [5.41, 5.74) is 0.273. The van der Waals surface area contributed by atoms with Crippen molar-refractivity contribution in [2.24, 2.45) is 5.41 Å². The summed E-state index contributed by atoms with van der Waals surface area (Å²) in [6.07, 6.45) is 5.13. The highest BCUT2D eigenvalue weighted by atomic mass is 16.4. The number of hydrogen-bond acceptors (Lipinski definition) is 5. The molecule has 3 heterocycles. The van der Waals surface area contributed by atoms with E-state index >= 15 is 0 Å². The summed E-state index contributed by atoms with van der Waals surface area (Å²) in [4.78, 5) is 16.8. The molecule has 1 amide bonds. The quantitative estimate of drug-likeness (QED) is 0.846. The summed E-state index contributed by atoms with van der Waals surface area (Å²) in [5, 5.41) is 7.87. The van der Waals surface area contributed by atoms with Crippen LogP contribution in [0.2, 0.25) is 0 Å². The SMILES string of the molecule is CCCc1nnc(C(=O)N2CCCC3(CCN(C)C3)C2)o1. The number of rotatable bonds is 3. The first-order chi connectivity index (χ1) is 10.1. The summed E-state index contributed by atoms with van der Waals surface area (Å²) >= 11 is 0. The van der Waals surface area contributed by atoms with Gasteiger partial charge in [-0.2, -0.15) is 0 Å². The summed E-state index contributed by atoms with van der Waals surface area (Å²) in [6.45, 7) is 5.89. The molecule has 2 aliphatic heterocycles. The van der Waals surface area contributed by atoms with Crippen molar-refractivity contribution in [2.45, 2.75) is 39.0 Å². The van der Waals surface area contributed by atoms with E-state index < -0.39 is 0 Å². The lowest BCUT2D eigenvalue weighted by molar-refractivity contribution is 0.0496. The van der Waals surface area contributed by atoms with Crippen LogP contribution in [0.1, 0.15) is 49.2 Å². The van der Waals surface area contributed by atoms with Crippen LogP contribution in [0, 0.1) is 5.41 Å². The Kier molecular flexibility index (Phi) is 3.97. The van der Waals surface area contributed by atoms with Gasteiger partial charge in [0.15, 0.2) is 0 Å². The molecule has 21 heavy (non-hydrogen) atoms. The molecule has 6 heteroatoms. The van der Waals surface area contributed by atoms with Gasteiger partial charge in [0.25, 0.3) is 0 Å². The molecule has 2 saturated heterocycles. The van der Waals surface area contributed by atoms with Crippen LogP contribution in [-0.4, -0.2) is 59.1 Å². The molecular formula is C15H24N4O2. The Morgan fingerprint density at radius 3 is 2.86 bits per heavy atom. The van der Waals surface area contributed by atoms with Crippen molar-refractivity contribution in [3.8, 4) is 0 Å². The maximum atomic E-state index is 12.6. The topological polar surface area (TPSA) is 62.5 Å². The molecule has 0 saturated carbocycles. The molecule has 1 spiro atoms. The van der Waals surface area contributed by atoms with Gasteiger partial charge in [0, 0.05) is 31.5 Å². The fraction of sp³-hybridized carbons (Fsp3) is 0.800. The van der Waals surface area contributed by atoms with Gasteiger partial charge in [-0.3, -0.25) is 4.79 Å². The third-order valence-corrected chi connectivity index (χ3v) is 4.69. The fourth-order valence-electron chi connectivity index (χ4n) is 3.66. The predicted molar refractivity (Wildman–Crippen MR) is 78.0 cm³/mol. The van der Waals surface area contributed by atoms with E-state index in [1.807, 2.05) is 4.90 Å². The summed E-state index contributed by atoms with van der Waals surface area (Å²) in [6, 6.07) is 0. The van der Waals surface area contributed by atoms with Gasteiger partial charge in [0.2, 0.25) is 5.89 Å². The van der Waals surface area contributed by atoms with Gasteiger partial charge in [-0.1, -0.05) is 6.92 Å². The lowest BCUT2D eigenvalue weighted by atomic mass is 9.79. The Morgan fingerprint density at radius 2 is 2.14 bits per heavy atom. The Bertz CT molecular complexity index is 512. The van der Waals surface area contributed by atoms with Crippen LogP contribution < -0.4 is 0 Å². The molecule has 6 nitrogen and oxygen atoms in total. The average molecular weight is 292 g/mol. The number of piperidine rings is 1. The molecule has 1 aromatic heterocycles. The minimum absolute atomic E-state index is 0.0986. The van der Waals surface area contributed by atoms with Crippen LogP contribution in [0.4, 0.5) is 0 Å². The summed E-state index contributed by atoms with van der Waals surface area (Å²) < 4.78 is 5.49. The Labute approximate surface area is 125 Å². The average Bonchev–Trinajstić information content (AvgIpc) is 3.06. The zero-order valence-corrected chi connectivity index (χ0v) is 13.0. The highest BCUT2D eigenvalue weighted by molar-refractivity contribution is 5.89. The van der Waals surface area contributed by atoms with Crippen molar-refractivity contribution >= 4 is 5.91 Å². The second-order valence-electron chi connectivity index (χ2n) is 6.57. The molecular weight excluding hydrogens is 268 g/mol. The first-order valence-electron chi connectivity index (χ1n) is 7.92. The number of aromatic nitrogens is 2. The molecule has 0 aromatic carbocycles. The second-order valence-corrected chi connectivity index (χ2v) is 6.57. The molecule has 1 aromatic rings. The van der Waals surface area contributed by atoms with Gasteiger partial charge in [-0.05, 0) is 39.3 Å². The van der Waals surface area contributed by atoms with Crippen LogP contribution >= 0.6 is 0 Å². The number of carbonyl (C=O) groups is 1. The van der Waals surface area contributed by atoms with Crippen molar-refractivity contribution < 1.29 is 9.21 Å². The van der Waals surface area contributed by atoms with Crippen LogP contribution in [0.15, 0.2) is 4.42 Å². The molecule has 0 bridgehead atoms. The van der Waals surface area contributed by atoms with Crippen molar-refractivity contribution in [1.29, 1.82) is 0 Å². The second kappa shape index (κ2) is 5.75. The first kappa shape index (κ1) is 14.5. The van der Waals surface area contributed by atoms with Crippen molar-refractivity contribution in [1.82, 2.24) is 20.0 Å². The molecule has 0 radical (unpaired) electrons. The van der Waals surface area contributed by atoms with E-state index in [2.05, 4.69) is 29.1 Å². The molecule has 2 aliphatic rings. The Balaban J connectivity index is 1.69. The molecule has 0 N–H and O–H groups in total. The zero-order chi connectivity index (χ0) is 14.9. The van der Waals surface area contributed by atoms with Crippen LogP contribution in [0.3, 0.4) is 0 Å². The van der Waals surface area contributed by atoms with Gasteiger partial charge < -0.3 is 14.2 Å². The van der Waals surface area contributed by atoms with Gasteiger partial charge in [0.05, 0.1) is 0 Å². The molecule has 2 fully saturated rings. The Hall–Kier alpha value is -1.43. The van der Waals surface area contributed by atoms with E-state index in [4.69, 9.17) is 4.42 Å². The van der Waals surface area contributed by atoms with Gasteiger partial charge in [-0.25, -0.2) is 0 Å². The summed E-state index contributed by atoms with van der Waals surface area (Å²) in [7, 11) is 2.16. The van der Waals surface area contributed by atoms with Gasteiger partial charge >= 0.3 is 11.8 Å². The highest BCUT2D eigenvalue weighted by Crippen LogP contribution is 2.38. The number of aryl methyl sites for hydroxylation is 1. The minimum Gasteiger partial charge on any atom is -0.417 e. The fourth-order valence-corrected chi connectivity index (χ4v) is 3.66. The molecule has 3 rings (SSSR count). The largest absolute Gasteiger partial charge is 0.417 e. The number of likely N-dealkylation sites (tertiary alicyclic amines) is 2. The zero-order valence-electron chi connectivity index (χ0n) is 13.0. The smallest absolute Gasteiger partial charge is 0.311 e. The predicted octanol–water partition coefficient (Wildman–Crippen LogP) is 1.58. The third-order valence-electron chi connectivity index (χ3n) is 4.69. The maximum absolute atomic E-state index is 12.6. The van der Waals surface area contributed by atoms with E-state index in [-0.39, 0.29) is 17.2 Å². The van der Waals surface area contributed by atoms with E-state index in [1.54, 1.807) is 0 Å². The first-order valence-corrected chi connectivity index (χ1v) is 7.92. The highest BCUT2D eigenvalue weighted by Gasteiger charge is 2.42. The van der Waals surface area contributed by atoms with Gasteiger partial charge in [0.1, 0.15) is 0 Å². The number of carbonyl (C=O) groups excluding carboxylic acids is 1.